The van der Waals surface area contributed by atoms with Gasteiger partial charge in [0.25, 0.3) is 0 Å². The second kappa shape index (κ2) is 10.2. The number of carbonyl (C=O) groups excluding carboxylic acids is 1. The minimum atomic E-state index is -1.15. The van der Waals surface area contributed by atoms with Crippen LogP contribution in [0, 0.1) is 51.2 Å². The van der Waals surface area contributed by atoms with Crippen molar-refractivity contribution in [1.29, 1.82) is 0 Å². The molecule has 5 rings (SSSR count). The van der Waals surface area contributed by atoms with E-state index in [1.54, 1.807) is 20.8 Å². The van der Waals surface area contributed by atoms with Gasteiger partial charge in [-0.3, -0.25) is 4.79 Å². The summed E-state index contributed by atoms with van der Waals surface area (Å²) >= 11 is 0. The van der Waals surface area contributed by atoms with E-state index in [4.69, 9.17) is 9.47 Å². The number of unbranched alkanes of at least 4 members (excludes halogenated alkanes) is 1. The van der Waals surface area contributed by atoms with E-state index in [2.05, 4.69) is 41.5 Å². The van der Waals surface area contributed by atoms with Crippen LogP contribution in [0.3, 0.4) is 0 Å². The van der Waals surface area contributed by atoms with Crippen molar-refractivity contribution in [3.8, 4) is 0 Å². The van der Waals surface area contributed by atoms with Crippen LogP contribution in [-0.2, 0) is 14.3 Å². The number of aliphatic hydroxyl groups is 2. The monoisotopic (exact) mass is 560 g/mol. The maximum absolute atomic E-state index is 12.3. The van der Waals surface area contributed by atoms with Crippen molar-refractivity contribution in [2.75, 3.05) is 0 Å². The molecule has 1 saturated heterocycles. The molecule has 5 heteroatoms. The molecule has 1 heterocycles. The number of hydrogen-bond donors (Lipinski definition) is 2. The Hall–Kier alpha value is -0.650. The Morgan fingerprint density at radius 3 is 2.38 bits per heavy atom. The molecule has 0 bridgehead atoms. The first-order chi connectivity index (χ1) is 18.6. The number of fused-ring (bicyclic) bond motifs is 1. The summed E-state index contributed by atoms with van der Waals surface area (Å²) in [6.45, 7) is 19.8. The van der Waals surface area contributed by atoms with Gasteiger partial charge >= 0.3 is 5.97 Å². The zero-order chi connectivity index (χ0) is 29.5. The van der Waals surface area contributed by atoms with Crippen LogP contribution in [0.4, 0.5) is 0 Å². The maximum Gasteiger partial charge on any atom is 0.305 e. The van der Waals surface area contributed by atoms with Crippen molar-refractivity contribution in [3.63, 3.8) is 0 Å². The lowest BCUT2D eigenvalue weighted by atomic mass is 9.49. The molecule has 0 amide bonds. The van der Waals surface area contributed by atoms with Crippen LogP contribution in [0.2, 0.25) is 0 Å². The summed E-state index contributed by atoms with van der Waals surface area (Å²) in [5, 5.41) is 22.1. The van der Waals surface area contributed by atoms with Gasteiger partial charge < -0.3 is 19.7 Å². The molecule has 230 valence electrons. The predicted octanol–water partition coefficient (Wildman–Crippen LogP) is 7.31. The summed E-state index contributed by atoms with van der Waals surface area (Å²) < 4.78 is 12.7. The summed E-state index contributed by atoms with van der Waals surface area (Å²) in [7, 11) is 0. The molecule has 2 N–H and O–H groups in total. The van der Waals surface area contributed by atoms with E-state index < -0.39 is 11.7 Å². The zero-order valence-electron chi connectivity index (χ0n) is 27.1. The number of carbonyl (C=O) groups is 1. The molecular weight excluding hydrogens is 500 g/mol. The maximum atomic E-state index is 12.3. The van der Waals surface area contributed by atoms with Crippen LogP contribution < -0.4 is 0 Å². The summed E-state index contributed by atoms with van der Waals surface area (Å²) in [6.07, 6.45) is 11.0. The molecule has 5 fully saturated rings. The van der Waals surface area contributed by atoms with Crippen molar-refractivity contribution in [1.82, 2.24) is 0 Å². The first kappa shape index (κ1) is 30.8. The average molecular weight is 561 g/mol. The Morgan fingerprint density at radius 2 is 1.75 bits per heavy atom. The van der Waals surface area contributed by atoms with E-state index >= 15 is 0 Å². The Labute approximate surface area is 244 Å². The van der Waals surface area contributed by atoms with Gasteiger partial charge in [0.05, 0.1) is 23.9 Å². The fourth-order valence-electron chi connectivity index (χ4n) is 12.0. The van der Waals surface area contributed by atoms with Gasteiger partial charge in [-0.25, -0.2) is 0 Å². The lowest BCUT2D eigenvalue weighted by molar-refractivity contribution is -0.204. The number of hydrogen-bond acceptors (Lipinski definition) is 5. The Bertz CT molecular complexity index is 954. The number of esters is 1. The first-order valence-electron chi connectivity index (χ1n) is 16.9. The van der Waals surface area contributed by atoms with Crippen LogP contribution >= 0.6 is 0 Å². The molecule has 5 nitrogen and oxygen atoms in total. The minimum Gasteiger partial charge on any atom is -0.457 e. The van der Waals surface area contributed by atoms with Crippen molar-refractivity contribution in [3.05, 3.63) is 0 Å². The molecule has 5 aliphatic rings. The molecule has 0 aromatic carbocycles. The van der Waals surface area contributed by atoms with E-state index in [1.165, 1.54) is 44.9 Å². The van der Waals surface area contributed by atoms with Gasteiger partial charge in [-0.05, 0) is 116 Å². The Morgan fingerprint density at radius 1 is 1.07 bits per heavy atom. The highest BCUT2D eigenvalue weighted by atomic mass is 16.6. The number of ether oxygens (including phenoxy) is 2. The number of aliphatic hydroxyl groups excluding tert-OH is 1. The van der Waals surface area contributed by atoms with Crippen molar-refractivity contribution < 1.29 is 24.5 Å². The minimum absolute atomic E-state index is 0.0110. The topological polar surface area (TPSA) is 76.0 Å². The largest absolute Gasteiger partial charge is 0.457 e. The molecule has 40 heavy (non-hydrogen) atoms. The summed E-state index contributed by atoms with van der Waals surface area (Å²) in [5.74, 6) is 2.72. The average Bonchev–Trinajstić information content (AvgIpc) is 3.20. The van der Waals surface area contributed by atoms with Crippen LogP contribution in [0.5, 0.6) is 0 Å². The van der Waals surface area contributed by atoms with Gasteiger partial charge in [0.15, 0.2) is 6.10 Å². The van der Waals surface area contributed by atoms with Crippen molar-refractivity contribution in [2.24, 2.45) is 51.2 Å². The summed E-state index contributed by atoms with van der Waals surface area (Å²) in [4.78, 5) is 12.3. The molecule has 12 atom stereocenters. The third-order valence-corrected chi connectivity index (χ3v) is 13.8. The second-order valence-electron chi connectivity index (χ2n) is 16.5. The third-order valence-electron chi connectivity index (χ3n) is 13.8. The Kier molecular flexibility index (Phi) is 7.87. The van der Waals surface area contributed by atoms with E-state index in [9.17, 15) is 15.0 Å². The van der Waals surface area contributed by atoms with E-state index in [-0.39, 0.29) is 35.1 Å². The number of rotatable bonds is 8. The third kappa shape index (κ3) is 4.36. The SMILES string of the molecule is CCCC[C@]12[C@H]([C@]3(C)CC4OC(C(OC(=O)CC)C(C)(C)O)C[C@@H](C)C4C3)CCC3C(C)(C)[C@@H](O)CC[C@@]31[C@H]2C. The zero-order valence-corrected chi connectivity index (χ0v) is 27.1. The quantitative estimate of drug-likeness (QED) is 0.305. The van der Waals surface area contributed by atoms with Gasteiger partial charge in [0.1, 0.15) is 0 Å². The highest BCUT2D eigenvalue weighted by Crippen LogP contribution is 2.88. The molecule has 4 saturated carbocycles. The normalized spacial score (nSPS) is 48.5. The molecule has 1 spiro atoms. The van der Waals surface area contributed by atoms with E-state index in [0.717, 1.165) is 25.2 Å². The molecule has 0 radical (unpaired) electrons. The first-order valence-corrected chi connectivity index (χ1v) is 16.9. The molecule has 5 unspecified atom stereocenters. The fourth-order valence-corrected chi connectivity index (χ4v) is 12.0. The van der Waals surface area contributed by atoms with Gasteiger partial charge in [-0.15, -0.1) is 0 Å². The lowest BCUT2D eigenvalue weighted by Crippen LogP contribution is -2.53. The molecule has 1 aliphatic heterocycles. The smallest absolute Gasteiger partial charge is 0.305 e. The predicted molar refractivity (Wildman–Crippen MR) is 159 cm³/mol. The van der Waals surface area contributed by atoms with Gasteiger partial charge in [0, 0.05) is 6.42 Å². The molecule has 0 aromatic rings. The van der Waals surface area contributed by atoms with Crippen LogP contribution in [-0.4, -0.2) is 46.2 Å². The van der Waals surface area contributed by atoms with Gasteiger partial charge in [0.2, 0.25) is 0 Å². The fraction of sp³-hybridized carbons (Fsp3) is 0.971. The lowest BCUT2D eigenvalue weighted by Gasteiger charge is -2.57. The summed E-state index contributed by atoms with van der Waals surface area (Å²) in [5.41, 5.74) is -0.191. The van der Waals surface area contributed by atoms with Crippen LogP contribution in [0.25, 0.3) is 0 Å². The van der Waals surface area contributed by atoms with Crippen molar-refractivity contribution >= 4 is 5.97 Å². The van der Waals surface area contributed by atoms with E-state index in [0.29, 0.717) is 40.9 Å². The highest BCUT2D eigenvalue weighted by Gasteiger charge is 2.83. The second-order valence-corrected chi connectivity index (χ2v) is 16.5. The van der Waals surface area contributed by atoms with Crippen LogP contribution in [0.1, 0.15) is 133 Å². The van der Waals surface area contributed by atoms with Crippen LogP contribution in [0.15, 0.2) is 0 Å². The van der Waals surface area contributed by atoms with Gasteiger partial charge in [-0.1, -0.05) is 61.3 Å². The molecule has 4 aliphatic carbocycles. The van der Waals surface area contributed by atoms with E-state index in [1.807, 2.05) is 0 Å². The highest BCUT2D eigenvalue weighted by molar-refractivity contribution is 5.69. The van der Waals surface area contributed by atoms with Crippen molar-refractivity contribution in [2.45, 2.75) is 163 Å². The molecule has 0 aromatic heterocycles. The standard InChI is InChI=1S/C35H60O5/c1-10-12-16-34-22(4)35(34)17-15-28(36)31(5,6)26(35)13-14-27(34)33(9)19-23-21(3)18-24(39-25(23)20-33)30(32(7,8)38)40-29(37)11-2/h21-28,30,36,38H,10-20H2,1-9H3/t21-,22+,23?,24?,25?,26?,27+,28+,30?,33+,34+,35-/m1/s1. The van der Waals surface area contributed by atoms with Gasteiger partial charge in [-0.2, -0.15) is 0 Å². The Balaban J connectivity index is 1.43. The molecular formula is C35H60O5. The summed E-state index contributed by atoms with van der Waals surface area (Å²) in [6, 6.07) is 0.